The topological polar surface area (TPSA) is 86.2 Å². The molecule has 4 rings (SSSR count). The van der Waals surface area contributed by atoms with Gasteiger partial charge in [0.2, 0.25) is 0 Å². The fourth-order valence-corrected chi connectivity index (χ4v) is 3.58. The Morgan fingerprint density at radius 2 is 1.81 bits per heavy atom. The van der Waals surface area contributed by atoms with Crippen LogP contribution in [0.3, 0.4) is 0 Å². The lowest BCUT2D eigenvalue weighted by atomic mass is 10.2. The van der Waals surface area contributed by atoms with Crippen LogP contribution in [-0.2, 0) is 13.2 Å². The molecule has 0 aliphatic heterocycles. The van der Waals surface area contributed by atoms with Crippen LogP contribution in [-0.4, -0.2) is 28.0 Å². The summed E-state index contributed by atoms with van der Waals surface area (Å²) in [4.78, 5) is 25.1. The smallest absolute Gasteiger partial charge is 0.271 e. The summed E-state index contributed by atoms with van der Waals surface area (Å²) in [6, 6.07) is 17.2. The summed E-state index contributed by atoms with van der Waals surface area (Å²) in [5.41, 5.74) is 2.30. The lowest BCUT2D eigenvalue weighted by Gasteiger charge is -2.12. The van der Waals surface area contributed by atoms with Gasteiger partial charge in [-0.1, -0.05) is 36.4 Å². The molecule has 2 aromatic heterocycles. The van der Waals surface area contributed by atoms with E-state index < -0.39 is 0 Å². The molecule has 31 heavy (non-hydrogen) atoms. The van der Waals surface area contributed by atoms with E-state index in [2.05, 4.69) is 20.3 Å². The van der Waals surface area contributed by atoms with Crippen molar-refractivity contribution in [3.63, 3.8) is 0 Å². The third-order valence-electron chi connectivity index (χ3n) is 4.41. The highest BCUT2D eigenvalue weighted by Gasteiger charge is 2.13. The van der Waals surface area contributed by atoms with Crippen molar-refractivity contribution in [3.8, 4) is 22.3 Å². The van der Waals surface area contributed by atoms with Gasteiger partial charge in [0.1, 0.15) is 12.3 Å². The predicted molar refractivity (Wildman–Crippen MR) is 118 cm³/mol. The van der Waals surface area contributed by atoms with Crippen molar-refractivity contribution in [2.45, 2.75) is 13.2 Å². The number of aromatic nitrogens is 3. The van der Waals surface area contributed by atoms with Gasteiger partial charge < -0.3 is 14.8 Å². The molecule has 0 aliphatic rings. The van der Waals surface area contributed by atoms with Crippen molar-refractivity contribution in [1.29, 1.82) is 0 Å². The lowest BCUT2D eigenvalue weighted by Crippen LogP contribution is -2.23. The van der Waals surface area contributed by atoms with E-state index >= 15 is 0 Å². The number of benzene rings is 2. The fourth-order valence-electron chi connectivity index (χ4n) is 2.84. The maximum Gasteiger partial charge on any atom is 0.271 e. The molecule has 0 saturated carbocycles. The number of thiazole rings is 1. The van der Waals surface area contributed by atoms with Crippen LogP contribution in [0.25, 0.3) is 10.8 Å². The number of hydrogen-bond acceptors (Lipinski definition) is 7. The number of hydrogen-bond donors (Lipinski definition) is 1. The molecule has 2 aromatic carbocycles. The summed E-state index contributed by atoms with van der Waals surface area (Å²) < 4.78 is 11.3. The van der Waals surface area contributed by atoms with E-state index in [9.17, 15) is 4.79 Å². The van der Waals surface area contributed by atoms with E-state index in [0.29, 0.717) is 41.2 Å². The summed E-state index contributed by atoms with van der Waals surface area (Å²) in [6.07, 6.45) is 3.29. The second-order valence-corrected chi connectivity index (χ2v) is 7.41. The highest BCUT2D eigenvalue weighted by atomic mass is 32.1. The molecule has 4 aromatic rings. The molecular formula is C23H20N4O3S. The number of methoxy groups -OCH3 is 1. The normalized spacial score (nSPS) is 10.5. The van der Waals surface area contributed by atoms with Crippen molar-refractivity contribution < 1.29 is 14.3 Å². The largest absolute Gasteiger partial charge is 0.493 e. The van der Waals surface area contributed by atoms with E-state index in [0.717, 1.165) is 11.1 Å². The number of nitrogens with zero attached hydrogens (tertiary/aromatic N) is 3. The molecule has 0 aliphatic carbocycles. The van der Waals surface area contributed by atoms with Gasteiger partial charge in [-0.15, -0.1) is 11.3 Å². The van der Waals surface area contributed by atoms with Crippen LogP contribution in [0, 0.1) is 0 Å². The minimum atomic E-state index is -0.262. The highest BCUT2D eigenvalue weighted by molar-refractivity contribution is 7.13. The van der Waals surface area contributed by atoms with Crippen molar-refractivity contribution in [2.24, 2.45) is 0 Å². The summed E-state index contributed by atoms with van der Waals surface area (Å²) in [7, 11) is 1.59. The first-order valence-electron chi connectivity index (χ1n) is 9.57. The molecule has 0 fully saturated rings. The van der Waals surface area contributed by atoms with Crippen LogP contribution < -0.4 is 14.8 Å². The van der Waals surface area contributed by atoms with Crippen molar-refractivity contribution in [2.75, 3.05) is 7.11 Å². The molecule has 1 amide bonds. The zero-order chi connectivity index (χ0) is 21.5. The third kappa shape index (κ3) is 5.23. The Labute approximate surface area is 183 Å². The zero-order valence-electron chi connectivity index (χ0n) is 16.8. The standard InChI is InChI=1S/C23H20N4O3S/c1-29-20-12-17(8-9-19(20)30-14-16-6-3-2-4-7-16)13-26-22(28)18-15-31-23(27-18)21-24-10-5-11-25-21/h2-12,15H,13-14H2,1H3,(H,26,28). The second kappa shape index (κ2) is 9.82. The van der Waals surface area contributed by atoms with Crippen LogP contribution >= 0.6 is 11.3 Å². The monoisotopic (exact) mass is 432 g/mol. The van der Waals surface area contributed by atoms with E-state index in [1.807, 2.05) is 48.5 Å². The predicted octanol–water partition coefficient (Wildman–Crippen LogP) is 4.12. The minimum absolute atomic E-state index is 0.262. The van der Waals surface area contributed by atoms with Gasteiger partial charge in [-0.3, -0.25) is 4.79 Å². The molecule has 2 heterocycles. The van der Waals surface area contributed by atoms with E-state index in [1.165, 1.54) is 11.3 Å². The Balaban J connectivity index is 1.37. The van der Waals surface area contributed by atoms with Gasteiger partial charge in [-0.2, -0.15) is 0 Å². The molecule has 0 radical (unpaired) electrons. The van der Waals surface area contributed by atoms with E-state index in [1.54, 1.807) is 30.9 Å². The van der Waals surface area contributed by atoms with Crippen LogP contribution in [0.4, 0.5) is 0 Å². The first-order chi connectivity index (χ1) is 15.2. The molecule has 0 spiro atoms. The molecule has 8 heteroatoms. The molecule has 156 valence electrons. The van der Waals surface area contributed by atoms with Crippen LogP contribution in [0.2, 0.25) is 0 Å². The average Bonchev–Trinajstić information content (AvgIpc) is 3.33. The Hall–Kier alpha value is -3.78. The molecular weight excluding hydrogens is 412 g/mol. The van der Waals surface area contributed by atoms with Crippen molar-refractivity contribution in [1.82, 2.24) is 20.3 Å². The van der Waals surface area contributed by atoms with Gasteiger partial charge in [-0.05, 0) is 29.3 Å². The number of ether oxygens (including phenoxy) is 2. The maximum absolute atomic E-state index is 12.5. The van der Waals surface area contributed by atoms with Crippen LogP contribution in [0.5, 0.6) is 11.5 Å². The Morgan fingerprint density at radius 3 is 2.58 bits per heavy atom. The Kier molecular flexibility index (Phi) is 6.49. The number of carbonyl (C=O) groups is 1. The van der Waals surface area contributed by atoms with Gasteiger partial charge in [-0.25, -0.2) is 15.0 Å². The fraction of sp³-hybridized carbons (Fsp3) is 0.130. The van der Waals surface area contributed by atoms with Crippen LogP contribution in [0.15, 0.2) is 72.4 Å². The molecule has 0 atom stereocenters. The van der Waals surface area contributed by atoms with Gasteiger partial charge in [0, 0.05) is 24.3 Å². The second-order valence-electron chi connectivity index (χ2n) is 6.55. The molecule has 0 saturated heterocycles. The van der Waals surface area contributed by atoms with Crippen LogP contribution in [0.1, 0.15) is 21.6 Å². The summed E-state index contributed by atoms with van der Waals surface area (Å²) >= 11 is 1.33. The number of carbonyl (C=O) groups excluding carboxylic acids is 1. The average molecular weight is 433 g/mol. The number of rotatable bonds is 8. The summed E-state index contributed by atoms with van der Waals surface area (Å²) in [5.74, 6) is 1.50. The summed E-state index contributed by atoms with van der Waals surface area (Å²) in [5, 5.41) is 5.18. The molecule has 0 unspecified atom stereocenters. The summed E-state index contributed by atoms with van der Waals surface area (Å²) in [6.45, 7) is 0.785. The van der Waals surface area contributed by atoms with Crippen molar-refractivity contribution >= 4 is 17.2 Å². The Bertz CT molecular complexity index is 1150. The highest BCUT2D eigenvalue weighted by Crippen LogP contribution is 2.29. The third-order valence-corrected chi connectivity index (χ3v) is 5.25. The van der Waals surface area contributed by atoms with Gasteiger partial charge in [0.25, 0.3) is 5.91 Å². The van der Waals surface area contributed by atoms with Crippen molar-refractivity contribution in [3.05, 3.63) is 89.2 Å². The minimum Gasteiger partial charge on any atom is -0.493 e. The first kappa shape index (κ1) is 20.5. The number of amides is 1. The first-order valence-corrected chi connectivity index (χ1v) is 10.5. The number of nitrogens with one attached hydrogen (secondary N) is 1. The lowest BCUT2D eigenvalue weighted by molar-refractivity contribution is 0.0946. The van der Waals surface area contributed by atoms with E-state index in [4.69, 9.17) is 9.47 Å². The molecule has 7 nitrogen and oxygen atoms in total. The van der Waals surface area contributed by atoms with Gasteiger partial charge in [0.15, 0.2) is 22.3 Å². The van der Waals surface area contributed by atoms with Gasteiger partial charge >= 0.3 is 0 Å². The quantitative estimate of drug-likeness (QED) is 0.451. The zero-order valence-corrected chi connectivity index (χ0v) is 17.6. The Morgan fingerprint density at radius 1 is 1.00 bits per heavy atom. The SMILES string of the molecule is COc1cc(CNC(=O)c2csc(-c3ncccn3)n2)ccc1OCc1ccccc1. The molecule has 0 bridgehead atoms. The van der Waals surface area contributed by atoms with E-state index in [-0.39, 0.29) is 5.91 Å². The maximum atomic E-state index is 12.5. The molecule has 1 N–H and O–H groups in total. The van der Waals surface area contributed by atoms with Gasteiger partial charge in [0.05, 0.1) is 7.11 Å².